The van der Waals surface area contributed by atoms with Crippen molar-refractivity contribution in [2.75, 3.05) is 11.9 Å². The minimum Gasteiger partial charge on any atom is -0.455 e. The van der Waals surface area contributed by atoms with Crippen LogP contribution in [0.4, 0.5) is 5.69 Å². The summed E-state index contributed by atoms with van der Waals surface area (Å²) in [5.74, 6) is -0.333. The number of hydrogen-bond acceptors (Lipinski definition) is 3. The number of fused-ring (bicyclic) bond motifs is 1. The molecule has 0 atom stereocenters. The molecule has 0 aliphatic rings. The van der Waals surface area contributed by atoms with Crippen LogP contribution < -0.4 is 5.32 Å². The van der Waals surface area contributed by atoms with E-state index in [9.17, 15) is 9.59 Å². The minimum absolute atomic E-state index is 0.137. The highest BCUT2D eigenvalue weighted by molar-refractivity contribution is 5.93. The van der Waals surface area contributed by atoms with E-state index in [0.717, 1.165) is 16.3 Å². The predicted octanol–water partition coefficient (Wildman–Crippen LogP) is 4.69. The molecule has 0 aliphatic heterocycles. The van der Waals surface area contributed by atoms with Crippen LogP contribution in [-0.2, 0) is 20.7 Å². The van der Waals surface area contributed by atoms with Crippen LogP contribution in [0.5, 0.6) is 0 Å². The molecule has 27 heavy (non-hydrogen) atoms. The Morgan fingerprint density at radius 3 is 2.37 bits per heavy atom. The van der Waals surface area contributed by atoms with E-state index in [1.54, 1.807) is 0 Å². The van der Waals surface area contributed by atoms with Gasteiger partial charge in [-0.15, -0.1) is 0 Å². The van der Waals surface area contributed by atoms with Crippen LogP contribution in [0.25, 0.3) is 10.8 Å². The molecular weight excluding hydrogens is 338 g/mol. The Bertz CT molecular complexity index is 940. The van der Waals surface area contributed by atoms with Gasteiger partial charge in [0, 0.05) is 5.69 Å². The Labute approximate surface area is 159 Å². The SMILES string of the molecule is CC(C)c1ccc(NC(=O)COC(=O)Cc2cccc3ccccc23)cc1. The van der Waals surface area contributed by atoms with Crippen molar-refractivity contribution in [2.24, 2.45) is 0 Å². The highest BCUT2D eigenvalue weighted by atomic mass is 16.5. The van der Waals surface area contributed by atoms with Crippen molar-refractivity contribution in [3.8, 4) is 0 Å². The van der Waals surface area contributed by atoms with Crippen molar-refractivity contribution in [3.63, 3.8) is 0 Å². The fourth-order valence-corrected chi connectivity index (χ4v) is 2.95. The predicted molar refractivity (Wildman–Crippen MR) is 108 cm³/mol. The molecule has 4 heteroatoms. The van der Waals surface area contributed by atoms with Crippen molar-refractivity contribution in [3.05, 3.63) is 77.9 Å². The highest BCUT2D eigenvalue weighted by Gasteiger charge is 2.11. The largest absolute Gasteiger partial charge is 0.455 e. The summed E-state index contributed by atoms with van der Waals surface area (Å²) < 4.78 is 5.14. The lowest BCUT2D eigenvalue weighted by Crippen LogP contribution is -2.21. The van der Waals surface area contributed by atoms with Crippen LogP contribution in [-0.4, -0.2) is 18.5 Å². The van der Waals surface area contributed by atoms with Crippen LogP contribution in [0.15, 0.2) is 66.7 Å². The van der Waals surface area contributed by atoms with E-state index >= 15 is 0 Å². The van der Waals surface area contributed by atoms with Gasteiger partial charge in [0.25, 0.3) is 5.91 Å². The van der Waals surface area contributed by atoms with Crippen LogP contribution in [0.3, 0.4) is 0 Å². The Hall–Kier alpha value is -3.14. The number of hydrogen-bond donors (Lipinski definition) is 1. The van der Waals surface area contributed by atoms with E-state index in [1.165, 1.54) is 5.56 Å². The second-order valence-corrected chi connectivity index (χ2v) is 6.80. The lowest BCUT2D eigenvalue weighted by atomic mass is 10.0. The summed E-state index contributed by atoms with van der Waals surface area (Å²) >= 11 is 0. The number of nitrogens with one attached hydrogen (secondary N) is 1. The maximum absolute atomic E-state index is 12.1. The lowest BCUT2D eigenvalue weighted by molar-refractivity contribution is -0.146. The quantitative estimate of drug-likeness (QED) is 0.648. The number of rotatable bonds is 6. The minimum atomic E-state index is -0.420. The first kappa shape index (κ1) is 18.6. The molecular formula is C23H23NO3. The summed E-state index contributed by atoms with van der Waals surface area (Å²) in [6, 6.07) is 21.4. The van der Waals surface area contributed by atoms with Crippen molar-refractivity contribution < 1.29 is 14.3 Å². The number of benzene rings is 3. The van der Waals surface area contributed by atoms with Gasteiger partial charge in [-0.25, -0.2) is 0 Å². The molecule has 0 aliphatic carbocycles. The first-order valence-corrected chi connectivity index (χ1v) is 9.05. The van der Waals surface area contributed by atoms with Crippen LogP contribution in [0.2, 0.25) is 0 Å². The lowest BCUT2D eigenvalue weighted by Gasteiger charge is -2.09. The molecule has 0 bridgehead atoms. The second kappa shape index (κ2) is 8.49. The fraction of sp³-hybridized carbons (Fsp3) is 0.217. The highest BCUT2D eigenvalue weighted by Crippen LogP contribution is 2.19. The number of ether oxygens (including phenoxy) is 1. The number of carbonyl (C=O) groups is 2. The first-order valence-electron chi connectivity index (χ1n) is 9.05. The summed E-state index contributed by atoms with van der Waals surface area (Å²) in [6.45, 7) is 3.93. The molecule has 3 rings (SSSR count). The maximum atomic E-state index is 12.1. The molecule has 1 amide bonds. The average Bonchev–Trinajstić information content (AvgIpc) is 2.67. The molecule has 0 radical (unpaired) electrons. The first-order chi connectivity index (χ1) is 13.0. The van der Waals surface area contributed by atoms with Gasteiger partial charge in [-0.05, 0) is 39.9 Å². The van der Waals surface area contributed by atoms with Gasteiger partial charge in [0.2, 0.25) is 0 Å². The molecule has 0 heterocycles. The Morgan fingerprint density at radius 1 is 0.926 bits per heavy atom. The van der Waals surface area contributed by atoms with Gasteiger partial charge in [0.15, 0.2) is 6.61 Å². The Balaban J connectivity index is 1.53. The molecule has 0 unspecified atom stereocenters. The molecule has 4 nitrogen and oxygen atoms in total. The third-order valence-electron chi connectivity index (χ3n) is 4.44. The monoisotopic (exact) mass is 361 g/mol. The molecule has 0 spiro atoms. The molecule has 0 saturated heterocycles. The van der Waals surface area contributed by atoms with Crippen molar-refractivity contribution >= 4 is 28.3 Å². The molecule has 0 aromatic heterocycles. The molecule has 1 N–H and O–H groups in total. The number of esters is 1. The molecule has 0 fully saturated rings. The summed E-state index contributed by atoms with van der Waals surface area (Å²) in [4.78, 5) is 24.1. The van der Waals surface area contributed by atoms with Gasteiger partial charge in [-0.3, -0.25) is 9.59 Å². The van der Waals surface area contributed by atoms with Gasteiger partial charge in [0.05, 0.1) is 6.42 Å². The third kappa shape index (κ3) is 4.94. The second-order valence-electron chi connectivity index (χ2n) is 6.80. The zero-order valence-electron chi connectivity index (χ0n) is 15.6. The molecule has 3 aromatic carbocycles. The van der Waals surface area contributed by atoms with E-state index in [0.29, 0.717) is 11.6 Å². The Kier molecular flexibility index (Phi) is 5.87. The zero-order valence-corrected chi connectivity index (χ0v) is 15.6. The topological polar surface area (TPSA) is 55.4 Å². The molecule has 3 aromatic rings. The number of amides is 1. The smallest absolute Gasteiger partial charge is 0.310 e. The fourth-order valence-electron chi connectivity index (χ4n) is 2.95. The zero-order chi connectivity index (χ0) is 19.2. The van der Waals surface area contributed by atoms with Crippen molar-refractivity contribution in [1.82, 2.24) is 0 Å². The van der Waals surface area contributed by atoms with Crippen LogP contribution >= 0.6 is 0 Å². The number of carbonyl (C=O) groups excluding carboxylic acids is 2. The maximum Gasteiger partial charge on any atom is 0.310 e. The van der Waals surface area contributed by atoms with E-state index in [-0.39, 0.29) is 18.9 Å². The Morgan fingerprint density at radius 2 is 1.63 bits per heavy atom. The summed E-state index contributed by atoms with van der Waals surface area (Å²) in [5.41, 5.74) is 2.78. The van der Waals surface area contributed by atoms with Gasteiger partial charge in [-0.1, -0.05) is 68.4 Å². The van der Waals surface area contributed by atoms with Gasteiger partial charge < -0.3 is 10.1 Å². The normalized spacial score (nSPS) is 10.8. The molecule has 0 saturated carbocycles. The van der Waals surface area contributed by atoms with E-state index in [2.05, 4.69) is 19.2 Å². The van der Waals surface area contributed by atoms with Crippen molar-refractivity contribution in [2.45, 2.75) is 26.2 Å². The van der Waals surface area contributed by atoms with Gasteiger partial charge in [0.1, 0.15) is 0 Å². The van der Waals surface area contributed by atoms with Crippen LogP contribution in [0.1, 0.15) is 30.9 Å². The van der Waals surface area contributed by atoms with Gasteiger partial charge >= 0.3 is 5.97 Å². The average molecular weight is 361 g/mol. The summed E-state index contributed by atoms with van der Waals surface area (Å²) in [6.07, 6.45) is 0.137. The van der Waals surface area contributed by atoms with E-state index in [4.69, 9.17) is 4.74 Å². The summed E-state index contributed by atoms with van der Waals surface area (Å²) in [7, 11) is 0. The van der Waals surface area contributed by atoms with E-state index < -0.39 is 5.97 Å². The van der Waals surface area contributed by atoms with E-state index in [1.807, 2.05) is 66.7 Å². The standard InChI is InChI=1S/C23H23NO3/c1-16(2)17-10-12-20(13-11-17)24-22(25)15-27-23(26)14-19-8-5-7-18-6-3-4-9-21(18)19/h3-13,16H,14-15H2,1-2H3,(H,24,25). The van der Waals surface area contributed by atoms with Crippen molar-refractivity contribution in [1.29, 1.82) is 0 Å². The molecule has 138 valence electrons. The van der Waals surface area contributed by atoms with Gasteiger partial charge in [-0.2, -0.15) is 0 Å². The third-order valence-corrected chi connectivity index (χ3v) is 4.44. The number of anilines is 1. The van der Waals surface area contributed by atoms with Crippen LogP contribution in [0, 0.1) is 0 Å². The summed E-state index contributed by atoms with van der Waals surface area (Å²) in [5, 5.41) is 4.84.